The molecule has 0 amide bonds. The lowest BCUT2D eigenvalue weighted by molar-refractivity contribution is -0.142. The van der Waals surface area contributed by atoms with Crippen LogP contribution < -0.4 is 0 Å². The lowest BCUT2D eigenvalue weighted by Crippen LogP contribution is -2.13. The average Bonchev–Trinajstić information content (AvgIpc) is 3.04. The fourth-order valence-electron chi connectivity index (χ4n) is 2.73. The molecule has 0 aliphatic heterocycles. The third kappa shape index (κ3) is 3.64. The van der Waals surface area contributed by atoms with Gasteiger partial charge < -0.3 is 0 Å². The Morgan fingerprint density at radius 3 is 2.19 bits per heavy atom. The highest BCUT2D eigenvalue weighted by Crippen LogP contribution is 2.33. The number of halogens is 5. The van der Waals surface area contributed by atoms with E-state index in [0.717, 1.165) is 19.5 Å². The molecule has 2 heterocycles. The van der Waals surface area contributed by atoms with Crippen molar-refractivity contribution in [3.63, 3.8) is 0 Å². The van der Waals surface area contributed by atoms with E-state index in [1.165, 1.54) is 0 Å². The van der Waals surface area contributed by atoms with Crippen molar-refractivity contribution < 1.29 is 13.2 Å². The lowest BCUT2D eigenvalue weighted by atomic mass is 10.1. The molecular weight excluding hydrogens is 487 g/mol. The number of aromatic nitrogens is 3. The topological polar surface area (TPSA) is 30.2 Å². The van der Waals surface area contributed by atoms with Crippen LogP contribution in [0.2, 0.25) is 0 Å². The van der Waals surface area contributed by atoms with Crippen LogP contribution in [0.4, 0.5) is 13.2 Å². The van der Waals surface area contributed by atoms with Crippen LogP contribution in [0.3, 0.4) is 0 Å². The largest absolute Gasteiger partial charge is 0.433 e. The van der Waals surface area contributed by atoms with E-state index < -0.39 is 11.9 Å². The Morgan fingerprint density at radius 2 is 1.52 bits per heavy atom. The number of rotatable bonds is 2. The third-order valence-corrected chi connectivity index (χ3v) is 5.00. The van der Waals surface area contributed by atoms with Crippen molar-refractivity contribution in [3.8, 4) is 22.5 Å². The van der Waals surface area contributed by atoms with Gasteiger partial charge in [-0.15, -0.1) is 0 Å². The van der Waals surface area contributed by atoms with Crippen molar-refractivity contribution in [2.24, 2.45) is 0 Å². The first-order valence-corrected chi connectivity index (χ1v) is 9.40. The van der Waals surface area contributed by atoms with Gasteiger partial charge in [0.25, 0.3) is 0 Å². The van der Waals surface area contributed by atoms with E-state index in [1.54, 1.807) is 48.5 Å². The first kappa shape index (κ1) is 18.2. The zero-order chi connectivity index (χ0) is 19.2. The van der Waals surface area contributed by atoms with Gasteiger partial charge in [-0.05, 0) is 30.3 Å². The number of hydrogen-bond acceptors (Lipinski definition) is 2. The smallest absolute Gasteiger partial charge is 0.228 e. The zero-order valence-corrected chi connectivity index (χ0v) is 16.7. The van der Waals surface area contributed by atoms with Crippen LogP contribution in [0.15, 0.2) is 69.6 Å². The number of nitrogens with zero attached hydrogens (tertiary/aromatic N) is 3. The monoisotopic (exact) mass is 495 g/mol. The molecule has 0 saturated heterocycles. The molecule has 0 aliphatic rings. The van der Waals surface area contributed by atoms with Crippen molar-refractivity contribution in [2.45, 2.75) is 6.18 Å². The van der Waals surface area contributed by atoms with E-state index in [4.69, 9.17) is 0 Å². The molecule has 0 spiro atoms. The molecule has 0 unspecified atom stereocenters. The fourth-order valence-corrected chi connectivity index (χ4v) is 3.40. The highest BCUT2D eigenvalue weighted by molar-refractivity contribution is 9.10. The molecule has 2 aromatic carbocycles. The van der Waals surface area contributed by atoms with Gasteiger partial charge in [0, 0.05) is 26.1 Å². The molecule has 27 heavy (non-hydrogen) atoms. The van der Waals surface area contributed by atoms with Crippen LogP contribution >= 0.6 is 31.9 Å². The van der Waals surface area contributed by atoms with E-state index in [9.17, 15) is 13.2 Å². The number of fused-ring (bicyclic) bond motifs is 1. The predicted molar refractivity (Wildman–Crippen MR) is 104 cm³/mol. The third-order valence-electron chi connectivity index (χ3n) is 3.98. The molecule has 0 radical (unpaired) electrons. The fraction of sp³-hybridized carbons (Fsp3) is 0.0526. The van der Waals surface area contributed by atoms with E-state index in [0.29, 0.717) is 16.8 Å². The zero-order valence-electron chi connectivity index (χ0n) is 13.5. The first-order valence-electron chi connectivity index (χ1n) is 7.81. The highest BCUT2D eigenvalue weighted by Gasteiger charge is 2.35. The molecule has 4 aromatic rings. The van der Waals surface area contributed by atoms with Crippen LogP contribution in [0.1, 0.15) is 5.69 Å². The molecule has 0 atom stereocenters. The molecule has 4 rings (SSSR count). The van der Waals surface area contributed by atoms with Crippen LogP contribution in [-0.2, 0) is 6.18 Å². The molecule has 136 valence electrons. The summed E-state index contributed by atoms with van der Waals surface area (Å²) in [5.74, 6) is 0. The Labute approximate surface area is 169 Å². The predicted octanol–water partition coefficient (Wildman–Crippen LogP) is 6.61. The first-order chi connectivity index (χ1) is 12.8. The van der Waals surface area contributed by atoms with E-state index >= 15 is 0 Å². The van der Waals surface area contributed by atoms with Gasteiger partial charge in [-0.3, -0.25) is 0 Å². The van der Waals surface area contributed by atoms with Crippen molar-refractivity contribution in [1.82, 2.24) is 14.6 Å². The molecule has 8 heteroatoms. The van der Waals surface area contributed by atoms with Gasteiger partial charge in [-0.2, -0.15) is 18.3 Å². The summed E-state index contributed by atoms with van der Waals surface area (Å²) in [6, 6.07) is 16.8. The quantitative estimate of drug-likeness (QED) is 0.312. The molecule has 0 bridgehead atoms. The second-order valence-electron chi connectivity index (χ2n) is 5.84. The summed E-state index contributed by atoms with van der Waals surface area (Å²) in [6.07, 6.45) is -4.56. The van der Waals surface area contributed by atoms with Crippen LogP contribution in [0, 0.1) is 0 Å². The summed E-state index contributed by atoms with van der Waals surface area (Å²) in [5, 5.41) is 4.15. The minimum absolute atomic E-state index is 0.137. The summed E-state index contributed by atoms with van der Waals surface area (Å²) >= 11 is 6.68. The molecule has 0 N–H and O–H groups in total. The Hall–Kier alpha value is -2.19. The minimum Gasteiger partial charge on any atom is -0.228 e. The van der Waals surface area contributed by atoms with E-state index in [2.05, 4.69) is 41.9 Å². The number of alkyl halides is 3. The number of hydrogen-bond donors (Lipinski definition) is 0. The van der Waals surface area contributed by atoms with Gasteiger partial charge >= 0.3 is 6.18 Å². The van der Waals surface area contributed by atoms with Crippen molar-refractivity contribution >= 4 is 37.5 Å². The SMILES string of the molecule is FC(F)(F)c1cc(-c2ccc(Br)cc2)nc2cc(-c3cccc(Br)c3)nn12. The second kappa shape index (κ2) is 6.76. The minimum atomic E-state index is -4.56. The number of benzene rings is 2. The summed E-state index contributed by atoms with van der Waals surface area (Å²) in [7, 11) is 0. The summed E-state index contributed by atoms with van der Waals surface area (Å²) in [6.45, 7) is 0. The normalized spacial score (nSPS) is 11.9. The molecular formula is C19H10Br2F3N3. The Morgan fingerprint density at radius 1 is 0.778 bits per heavy atom. The average molecular weight is 497 g/mol. The maximum Gasteiger partial charge on any atom is 0.433 e. The van der Waals surface area contributed by atoms with Gasteiger partial charge in [0.15, 0.2) is 11.3 Å². The van der Waals surface area contributed by atoms with Crippen molar-refractivity contribution in [1.29, 1.82) is 0 Å². The molecule has 3 nitrogen and oxygen atoms in total. The van der Waals surface area contributed by atoms with E-state index in [-0.39, 0.29) is 11.3 Å². The second-order valence-corrected chi connectivity index (χ2v) is 7.67. The molecule has 0 fully saturated rings. The Balaban J connectivity index is 1.94. The summed E-state index contributed by atoms with van der Waals surface area (Å²) in [5.41, 5.74) is 1.22. The maximum atomic E-state index is 13.6. The van der Waals surface area contributed by atoms with Crippen LogP contribution in [-0.4, -0.2) is 14.6 Å². The molecule has 2 aromatic heterocycles. The van der Waals surface area contributed by atoms with Gasteiger partial charge in [-0.1, -0.05) is 56.1 Å². The van der Waals surface area contributed by atoms with Gasteiger partial charge in [-0.25, -0.2) is 9.50 Å². The summed E-state index contributed by atoms with van der Waals surface area (Å²) < 4.78 is 43.4. The lowest BCUT2D eigenvalue weighted by Gasteiger charge is -2.11. The van der Waals surface area contributed by atoms with Gasteiger partial charge in [0.05, 0.1) is 11.4 Å². The maximum absolute atomic E-state index is 13.6. The summed E-state index contributed by atoms with van der Waals surface area (Å²) in [4.78, 5) is 4.39. The standard InChI is InChI=1S/C19H10Br2F3N3/c20-13-6-4-11(5-7-13)15-9-17(19(22,23)24)27-18(25-15)10-16(26-27)12-2-1-3-14(21)8-12/h1-10H. The van der Waals surface area contributed by atoms with Gasteiger partial charge in [0.2, 0.25) is 0 Å². The highest BCUT2D eigenvalue weighted by atomic mass is 79.9. The van der Waals surface area contributed by atoms with Crippen molar-refractivity contribution in [3.05, 3.63) is 75.3 Å². The van der Waals surface area contributed by atoms with Crippen molar-refractivity contribution in [2.75, 3.05) is 0 Å². The Kier molecular flexibility index (Phi) is 4.55. The molecule has 0 aliphatic carbocycles. The van der Waals surface area contributed by atoms with Gasteiger partial charge in [0.1, 0.15) is 0 Å². The van der Waals surface area contributed by atoms with E-state index in [1.807, 2.05) is 6.07 Å². The Bertz CT molecular complexity index is 1140. The van der Waals surface area contributed by atoms with Crippen LogP contribution in [0.25, 0.3) is 28.2 Å². The molecule has 0 saturated carbocycles. The van der Waals surface area contributed by atoms with Crippen LogP contribution in [0.5, 0.6) is 0 Å².